The number of benzene rings is 4. The zero-order chi connectivity index (χ0) is 48.2. The predicted molar refractivity (Wildman–Crippen MR) is 248 cm³/mol. The zero-order valence-electron chi connectivity index (χ0n) is 38.3. The second kappa shape index (κ2) is 17.3. The third-order valence-corrected chi connectivity index (χ3v) is 13.7. The number of nitrogens with zero attached hydrogens (tertiary/aromatic N) is 2. The van der Waals surface area contributed by atoms with Gasteiger partial charge in [0.1, 0.15) is 17.8 Å². The predicted octanol–water partition coefficient (Wildman–Crippen LogP) is 7.73. The minimum Gasteiger partial charge on any atom is -0.465 e. The van der Waals surface area contributed by atoms with Crippen LogP contribution in [0.3, 0.4) is 0 Å². The van der Waals surface area contributed by atoms with Gasteiger partial charge in [-0.2, -0.15) is 0 Å². The molecule has 0 atom stereocenters. The van der Waals surface area contributed by atoms with Gasteiger partial charge in [0, 0.05) is 77.9 Å². The molecule has 0 bridgehead atoms. The molecule has 3 fully saturated rings. The number of anilines is 2. The number of methoxy groups -OCH3 is 1. The van der Waals surface area contributed by atoms with Gasteiger partial charge in [-0.3, -0.25) is 4.79 Å². The Morgan fingerprint density at radius 1 is 0.559 bits per heavy atom. The van der Waals surface area contributed by atoms with Crippen molar-refractivity contribution < 1.29 is 57.6 Å². The smallest absolute Gasteiger partial charge is 0.348 e. The molecule has 4 heterocycles. The van der Waals surface area contributed by atoms with Crippen LogP contribution in [0.4, 0.5) is 11.4 Å². The molecule has 1 saturated carbocycles. The highest BCUT2D eigenvalue weighted by atomic mass is 16.8. The third kappa shape index (κ3) is 8.08. The van der Waals surface area contributed by atoms with Crippen molar-refractivity contribution >= 4 is 47.0 Å². The van der Waals surface area contributed by atoms with Gasteiger partial charge in [-0.25, -0.2) is 24.0 Å². The quantitative estimate of drug-likeness (QED) is 0.0568. The molecule has 0 radical (unpaired) electrons. The summed E-state index contributed by atoms with van der Waals surface area (Å²) < 4.78 is 28.3. The number of carbonyl (C=O) groups is 6. The summed E-state index contributed by atoms with van der Waals surface area (Å²) in [5.74, 6) is -7.62. The van der Waals surface area contributed by atoms with Crippen molar-refractivity contribution in [1.29, 1.82) is 0 Å². The highest BCUT2D eigenvalue weighted by Crippen LogP contribution is 2.51. The summed E-state index contributed by atoms with van der Waals surface area (Å²) >= 11 is 0. The van der Waals surface area contributed by atoms with Crippen LogP contribution < -0.4 is 9.80 Å². The Balaban J connectivity index is 0.889. The lowest BCUT2D eigenvalue weighted by molar-refractivity contribution is -0.291. The molecule has 2 spiro atoms. The Morgan fingerprint density at radius 3 is 1.29 bits per heavy atom. The summed E-state index contributed by atoms with van der Waals surface area (Å²) in [6.45, 7) is 8.47. The van der Waals surface area contributed by atoms with Crippen molar-refractivity contribution in [2.24, 2.45) is 0 Å². The lowest BCUT2D eigenvalue weighted by atomic mass is 9.83. The van der Waals surface area contributed by atoms with E-state index >= 15 is 0 Å². The lowest BCUT2D eigenvalue weighted by Gasteiger charge is -2.46. The average Bonchev–Trinajstić information content (AvgIpc) is 3.67. The van der Waals surface area contributed by atoms with Gasteiger partial charge in [-0.05, 0) is 70.8 Å². The van der Waals surface area contributed by atoms with Crippen LogP contribution in [0.5, 0.6) is 0 Å². The van der Waals surface area contributed by atoms with Crippen molar-refractivity contribution in [3.05, 3.63) is 177 Å². The topological polar surface area (TPSA) is 175 Å². The normalized spacial score (nSPS) is 23.5. The maximum Gasteiger partial charge on any atom is 0.348 e. The van der Waals surface area contributed by atoms with Crippen LogP contribution in [0, 0.1) is 0 Å². The Bertz CT molecular complexity index is 2650. The van der Waals surface area contributed by atoms with Gasteiger partial charge in [0.05, 0.1) is 12.7 Å². The van der Waals surface area contributed by atoms with Gasteiger partial charge >= 0.3 is 29.8 Å². The van der Waals surface area contributed by atoms with Crippen molar-refractivity contribution in [3.63, 3.8) is 0 Å². The highest BCUT2D eigenvalue weighted by molar-refractivity contribution is 6.16. The number of fused-ring (bicyclic) bond motifs is 2. The number of para-hydroxylation sites is 2. The zero-order valence-corrected chi connectivity index (χ0v) is 38.3. The fraction of sp³-hybridized carbons (Fsp3) is 0.296. The van der Waals surface area contributed by atoms with E-state index in [1.54, 1.807) is 36.4 Å². The minimum atomic E-state index is -1.66. The Hall–Kier alpha value is -7.58. The van der Waals surface area contributed by atoms with Crippen LogP contribution in [0.25, 0.3) is 0 Å². The van der Waals surface area contributed by atoms with Gasteiger partial charge in [0.15, 0.2) is 5.78 Å². The molecule has 14 nitrogen and oxygen atoms in total. The number of ketones is 1. The number of carbonyl (C=O) groups excluding carboxylic acids is 6. The summed E-state index contributed by atoms with van der Waals surface area (Å²) in [4.78, 5) is 82.9. The largest absolute Gasteiger partial charge is 0.465 e. The molecule has 14 heteroatoms. The molecular formula is C54H50N2O12. The van der Waals surface area contributed by atoms with Gasteiger partial charge < -0.3 is 38.6 Å². The molecule has 5 aliphatic rings. The number of hydrogen-bond donors (Lipinski definition) is 1. The number of aliphatic hydroxyl groups excluding tert-OH is 1. The molecule has 9 rings (SSSR count). The van der Waals surface area contributed by atoms with E-state index in [1.165, 1.54) is 19.3 Å². The Morgan fingerprint density at radius 2 is 0.926 bits per heavy atom. The molecule has 68 heavy (non-hydrogen) atoms. The van der Waals surface area contributed by atoms with E-state index in [4.69, 9.17) is 23.7 Å². The van der Waals surface area contributed by atoms with E-state index in [0.717, 1.165) is 45.0 Å². The SMILES string of the molecule is COC(=O)c1ccc(CN2/C(=C/C=C3C(=O)OC4(CCC5(CC4)OC(=O)C(=C/C=C4/N(Cc6ccc(C(=O)CO)cc6)c6ccccc6C4(C)C)C(=O)O5)OC3=O)C(C)(C)c3ccccc32)cc1. The number of allylic oxidation sites excluding steroid dienone is 6. The van der Waals surface area contributed by atoms with Crippen LogP contribution in [0.2, 0.25) is 0 Å². The average molecular weight is 919 g/mol. The molecule has 0 amide bonds. The molecule has 4 aromatic carbocycles. The first-order chi connectivity index (χ1) is 32.5. The van der Waals surface area contributed by atoms with Gasteiger partial charge in [-0.1, -0.05) is 100 Å². The monoisotopic (exact) mass is 918 g/mol. The number of rotatable bonds is 9. The Kier molecular flexibility index (Phi) is 11.6. The van der Waals surface area contributed by atoms with E-state index in [2.05, 4.69) is 23.6 Å². The summed E-state index contributed by atoms with van der Waals surface area (Å²) in [6.07, 6.45) is 5.89. The van der Waals surface area contributed by atoms with Crippen molar-refractivity contribution in [1.82, 2.24) is 0 Å². The van der Waals surface area contributed by atoms with Crippen LogP contribution in [0.1, 0.15) is 96.3 Å². The first kappa shape index (κ1) is 45.6. The van der Waals surface area contributed by atoms with Crippen LogP contribution in [-0.2, 0) is 66.8 Å². The van der Waals surface area contributed by atoms with Crippen LogP contribution >= 0.6 is 0 Å². The fourth-order valence-electron chi connectivity index (χ4n) is 9.86. The molecule has 1 aliphatic carbocycles. The Labute approximate surface area is 393 Å². The maximum atomic E-state index is 13.7. The molecule has 4 aromatic rings. The molecular weight excluding hydrogens is 869 g/mol. The van der Waals surface area contributed by atoms with Crippen molar-refractivity contribution in [2.45, 2.75) is 88.9 Å². The molecule has 0 unspecified atom stereocenters. The van der Waals surface area contributed by atoms with E-state index < -0.39 is 58.9 Å². The van der Waals surface area contributed by atoms with Gasteiger partial charge in [-0.15, -0.1) is 0 Å². The highest BCUT2D eigenvalue weighted by Gasteiger charge is 2.57. The van der Waals surface area contributed by atoms with E-state index in [-0.39, 0.29) is 42.6 Å². The molecule has 0 aromatic heterocycles. The second-order valence-electron chi connectivity index (χ2n) is 18.6. The second-order valence-corrected chi connectivity index (χ2v) is 18.6. The molecule has 1 N–H and O–H groups in total. The van der Waals surface area contributed by atoms with E-state index in [1.807, 2.05) is 86.6 Å². The number of esters is 5. The summed E-state index contributed by atoms with van der Waals surface area (Å²) in [7, 11) is 1.33. The fourth-order valence-corrected chi connectivity index (χ4v) is 9.86. The number of hydrogen-bond acceptors (Lipinski definition) is 14. The number of Topliss-reactive ketones (excluding diaryl/α,β-unsaturated/α-hetero) is 1. The van der Waals surface area contributed by atoms with Crippen molar-refractivity contribution in [3.8, 4) is 0 Å². The first-order valence-electron chi connectivity index (χ1n) is 22.4. The molecule has 4 aliphatic heterocycles. The third-order valence-electron chi connectivity index (χ3n) is 13.7. The molecule has 348 valence electrons. The van der Waals surface area contributed by atoms with Crippen LogP contribution in [-0.4, -0.2) is 66.0 Å². The van der Waals surface area contributed by atoms with Crippen LogP contribution in [0.15, 0.2) is 144 Å². The number of ether oxygens (including phenoxy) is 5. The number of aliphatic hydroxyl groups is 1. The van der Waals surface area contributed by atoms with E-state index in [9.17, 15) is 33.9 Å². The van der Waals surface area contributed by atoms with Gasteiger partial charge in [0.25, 0.3) is 11.6 Å². The minimum absolute atomic E-state index is 0.0933. The molecule has 2 saturated heterocycles. The summed E-state index contributed by atoms with van der Waals surface area (Å²) in [5, 5.41) is 9.29. The summed E-state index contributed by atoms with van der Waals surface area (Å²) in [5.41, 5.74) is 6.57. The van der Waals surface area contributed by atoms with E-state index in [0.29, 0.717) is 24.2 Å². The first-order valence-corrected chi connectivity index (χ1v) is 22.4. The van der Waals surface area contributed by atoms with Gasteiger partial charge in [0.2, 0.25) is 0 Å². The summed E-state index contributed by atoms with van der Waals surface area (Å²) in [6, 6.07) is 29.9. The maximum absolute atomic E-state index is 13.7. The van der Waals surface area contributed by atoms with Crippen molar-refractivity contribution in [2.75, 3.05) is 23.5 Å². The standard InChI is InChI=1S/C54H50N2O12/c1-51(2)39-10-6-8-12-41(39)55(30-33-14-18-35(19-15-33)43(58)32-57)44(51)24-22-37-47(60)65-53(66-48(37)61)26-28-54(29-27-53)67-49(62)38(50(63)68-54)23-25-45-52(3,4)40-11-7-9-13-42(40)56(45)31-34-16-20-36(21-17-34)46(59)64-5/h6-25,57H,26-32H2,1-5H3/b37-22?,38-23?,44-24+,45-25+. The lowest BCUT2D eigenvalue weighted by Crippen LogP contribution is -2.56.